The number of aryl methyl sites for hydroxylation is 2. The molecule has 3 rings (SSSR count). The number of thioether (sulfide) groups is 1. The van der Waals surface area contributed by atoms with Crippen LogP contribution in [-0.4, -0.2) is 56.8 Å². The van der Waals surface area contributed by atoms with E-state index < -0.39 is 0 Å². The molecule has 0 bridgehead atoms. The average molecular weight is 377 g/mol. The highest BCUT2D eigenvalue weighted by Crippen LogP contribution is 2.30. The number of aromatic nitrogens is 3. The molecular weight excluding hydrogens is 354 g/mol. The topological polar surface area (TPSA) is 104 Å². The molecule has 0 aliphatic carbocycles. The van der Waals surface area contributed by atoms with Gasteiger partial charge in [-0.25, -0.2) is 4.98 Å². The van der Waals surface area contributed by atoms with Crippen molar-refractivity contribution in [3.8, 4) is 0 Å². The summed E-state index contributed by atoms with van der Waals surface area (Å²) in [4.78, 5) is 30.2. The zero-order valence-corrected chi connectivity index (χ0v) is 15.9. The van der Waals surface area contributed by atoms with Crippen LogP contribution in [0.1, 0.15) is 37.1 Å². The molecule has 140 valence electrons. The van der Waals surface area contributed by atoms with Gasteiger partial charge in [-0.05, 0) is 19.1 Å². The van der Waals surface area contributed by atoms with Crippen molar-refractivity contribution < 1.29 is 14.0 Å². The zero-order chi connectivity index (χ0) is 18.7. The van der Waals surface area contributed by atoms with Crippen LogP contribution in [0.25, 0.3) is 0 Å². The lowest BCUT2D eigenvalue weighted by Gasteiger charge is -2.16. The second-order valence-corrected chi connectivity index (χ2v) is 7.31. The Balaban J connectivity index is 1.63. The van der Waals surface area contributed by atoms with Crippen molar-refractivity contribution in [2.75, 3.05) is 18.8 Å². The molecule has 9 heteroatoms. The summed E-state index contributed by atoms with van der Waals surface area (Å²) < 4.78 is 5.73. The van der Waals surface area contributed by atoms with Gasteiger partial charge >= 0.3 is 0 Å². The van der Waals surface area contributed by atoms with Gasteiger partial charge in [-0.2, -0.15) is 0 Å². The standard InChI is InChI=1S/C17H23N5O3S/c1-4-15-19-17(21-20-15)26-9-16(24)22-7-12(13(8-22)18-11(3)23)14-6-5-10(2)25-14/h5-6,12-13H,4,7-9H2,1-3H3,(H,18,23)(H,19,20,21)/t12-,13-/m1/s1. The van der Waals surface area contributed by atoms with Gasteiger partial charge in [0, 0.05) is 26.4 Å². The number of nitrogens with one attached hydrogen (secondary N) is 2. The summed E-state index contributed by atoms with van der Waals surface area (Å²) in [6, 6.07) is 3.66. The molecule has 1 aliphatic rings. The number of likely N-dealkylation sites (tertiary alicyclic amines) is 1. The lowest BCUT2D eigenvalue weighted by molar-refractivity contribution is -0.127. The van der Waals surface area contributed by atoms with E-state index in [0.717, 1.165) is 23.8 Å². The van der Waals surface area contributed by atoms with E-state index in [9.17, 15) is 9.59 Å². The van der Waals surface area contributed by atoms with Gasteiger partial charge in [-0.1, -0.05) is 18.7 Å². The number of carbonyl (C=O) groups excluding carboxylic acids is 2. The summed E-state index contributed by atoms with van der Waals surface area (Å²) in [5.41, 5.74) is 0. The largest absolute Gasteiger partial charge is 0.466 e. The quantitative estimate of drug-likeness (QED) is 0.739. The molecule has 26 heavy (non-hydrogen) atoms. The molecule has 2 aromatic rings. The first-order valence-corrected chi connectivity index (χ1v) is 9.60. The molecule has 1 saturated heterocycles. The Morgan fingerprint density at radius 2 is 2.23 bits per heavy atom. The Labute approximate surface area is 156 Å². The highest BCUT2D eigenvalue weighted by atomic mass is 32.2. The second kappa shape index (κ2) is 7.94. The van der Waals surface area contributed by atoms with Gasteiger partial charge in [0.15, 0.2) is 0 Å². The number of nitrogens with zero attached hydrogens (tertiary/aromatic N) is 3. The van der Waals surface area contributed by atoms with Gasteiger partial charge in [-0.15, -0.1) is 5.10 Å². The smallest absolute Gasteiger partial charge is 0.233 e. The molecule has 1 fully saturated rings. The van der Waals surface area contributed by atoms with Crippen LogP contribution in [0.2, 0.25) is 0 Å². The SMILES string of the molecule is CCc1nc(SCC(=O)N2C[C@@H](NC(C)=O)[C@H](c3ccc(C)o3)C2)n[nH]1. The predicted molar refractivity (Wildman–Crippen MR) is 96.9 cm³/mol. The molecule has 0 unspecified atom stereocenters. The van der Waals surface area contributed by atoms with E-state index in [2.05, 4.69) is 20.5 Å². The van der Waals surface area contributed by atoms with Crippen LogP contribution in [0.15, 0.2) is 21.7 Å². The first kappa shape index (κ1) is 18.5. The lowest BCUT2D eigenvalue weighted by Crippen LogP contribution is -2.39. The summed E-state index contributed by atoms with van der Waals surface area (Å²) in [7, 11) is 0. The number of amides is 2. The number of rotatable bonds is 6. The van der Waals surface area contributed by atoms with Crippen molar-refractivity contribution >= 4 is 23.6 Å². The van der Waals surface area contributed by atoms with Gasteiger partial charge < -0.3 is 14.6 Å². The van der Waals surface area contributed by atoms with Crippen molar-refractivity contribution in [3.05, 3.63) is 29.5 Å². The van der Waals surface area contributed by atoms with Crippen LogP contribution in [0.5, 0.6) is 0 Å². The number of hydrogen-bond donors (Lipinski definition) is 2. The molecule has 2 aromatic heterocycles. The van der Waals surface area contributed by atoms with Crippen molar-refractivity contribution in [1.82, 2.24) is 25.4 Å². The van der Waals surface area contributed by atoms with Crippen molar-refractivity contribution in [3.63, 3.8) is 0 Å². The van der Waals surface area contributed by atoms with Crippen LogP contribution in [0, 0.1) is 6.92 Å². The summed E-state index contributed by atoms with van der Waals surface area (Å²) in [6.45, 7) is 6.35. The third-order valence-corrected chi connectivity index (χ3v) is 5.19. The van der Waals surface area contributed by atoms with E-state index >= 15 is 0 Å². The van der Waals surface area contributed by atoms with Crippen LogP contribution < -0.4 is 5.32 Å². The molecule has 1 aliphatic heterocycles. The summed E-state index contributed by atoms with van der Waals surface area (Å²) in [5, 5.41) is 10.4. The van der Waals surface area contributed by atoms with E-state index in [-0.39, 0.29) is 29.5 Å². The first-order chi connectivity index (χ1) is 12.5. The van der Waals surface area contributed by atoms with Crippen LogP contribution in [0.3, 0.4) is 0 Å². The molecule has 0 saturated carbocycles. The normalized spacial score (nSPS) is 19.7. The van der Waals surface area contributed by atoms with Gasteiger partial charge in [-0.3, -0.25) is 14.7 Å². The van der Waals surface area contributed by atoms with E-state index in [1.807, 2.05) is 26.0 Å². The maximum atomic E-state index is 12.6. The Morgan fingerprint density at radius 3 is 2.85 bits per heavy atom. The molecule has 3 heterocycles. The van der Waals surface area contributed by atoms with Crippen LogP contribution in [0.4, 0.5) is 0 Å². The minimum atomic E-state index is -0.151. The number of furan rings is 1. The van der Waals surface area contributed by atoms with Crippen molar-refractivity contribution in [2.45, 2.75) is 44.3 Å². The minimum Gasteiger partial charge on any atom is -0.466 e. The first-order valence-electron chi connectivity index (χ1n) is 8.61. The summed E-state index contributed by atoms with van der Waals surface area (Å²) in [5.74, 6) is 2.53. The molecule has 0 radical (unpaired) electrons. The van der Waals surface area contributed by atoms with E-state index in [1.54, 1.807) is 4.90 Å². The predicted octanol–water partition coefficient (Wildman–Crippen LogP) is 1.49. The van der Waals surface area contributed by atoms with E-state index in [1.165, 1.54) is 18.7 Å². The summed E-state index contributed by atoms with van der Waals surface area (Å²) in [6.07, 6.45) is 0.774. The Hall–Kier alpha value is -2.29. The lowest BCUT2D eigenvalue weighted by atomic mass is 10.0. The molecule has 2 N–H and O–H groups in total. The molecule has 8 nitrogen and oxygen atoms in total. The number of carbonyl (C=O) groups is 2. The third kappa shape index (κ3) is 4.27. The minimum absolute atomic E-state index is 0.000946. The molecule has 0 aromatic carbocycles. The highest BCUT2D eigenvalue weighted by molar-refractivity contribution is 7.99. The van der Waals surface area contributed by atoms with Gasteiger partial charge in [0.1, 0.15) is 17.3 Å². The fourth-order valence-electron chi connectivity index (χ4n) is 3.07. The van der Waals surface area contributed by atoms with Crippen LogP contribution >= 0.6 is 11.8 Å². The molecule has 0 spiro atoms. The van der Waals surface area contributed by atoms with Crippen LogP contribution in [-0.2, 0) is 16.0 Å². The van der Waals surface area contributed by atoms with E-state index in [4.69, 9.17) is 4.42 Å². The number of hydrogen-bond acceptors (Lipinski definition) is 6. The third-order valence-electron chi connectivity index (χ3n) is 4.36. The maximum absolute atomic E-state index is 12.6. The molecular formula is C17H23N5O3S. The van der Waals surface area contributed by atoms with E-state index in [0.29, 0.717) is 18.2 Å². The van der Waals surface area contributed by atoms with Crippen molar-refractivity contribution in [2.24, 2.45) is 0 Å². The fourth-order valence-corrected chi connectivity index (χ4v) is 3.79. The maximum Gasteiger partial charge on any atom is 0.233 e. The summed E-state index contributed by atoms with van der Waals surface area (Å²) >= 11 is 1.31. The fraction of sp³-hybridized carbons (Fsp3) is 0.529. The number of aromatic amines is 1. The number of H-pyrrole nitrogens is 1. The van der Waals surface area contributed by atoms with Gasteiger partial charge in [0.2, 0.25) is 17.0 Å². The Kier molecular flexibility index (Phi) is 5.65. The van der Waals surface area contributed by atoms with Crippen molar-refractivity contribution in [1.29, 1.82) is 0 Å². The highest BCUT2D eigenvalue weighted by Gasteiger charge is 2.38. The second-order valence-electron chi connectivity index (χ2n) is 6.37. The molecule has 2 amide bonds. The molecule has 2 atom stereocenters. The monoisotopic (exact) mass is 377 g/mol. The zero-order valence-electron chi connectivity index (χ0n) is 15.1. The van der Waals surface area contributed by atoms with Gasteiger partial charge in [0.05, 0.1) is 17.7 Å². The average Bonchev–Trinajstić information content (AvgIpc) is 3.31. The Bertz CT molecular complexity index is 787. The Morgan fingerprint density at radius 1 is 1.42 bits per heavy atom. The van der Waals surface area contributed by atoms with Gasteiger partial charge in [0.25, 0.3) is 0 Å².